The molecule has 0 aromatic heterocycles. The van der Waals surface area contributed by atoms with Gasteiger partial charge < -0.3 is 19.7 Å². The summed E-state index contributed by atoms with van der Waals surface area (Å²) >= 11 is 0. The molecule has 1 fully saturated rings. The Labute approximate surface area is 111 Å². The van der Waals surface area contributed by atoms with E-state index in [9.17, 15) is 9.18 Å². The number of amides is 1. The van der Waals surface area contributed by atoms with Crippen LogP contribution >= 0.6 is 0 Å². The highest BCUT2D eigenvalue weighted by Crippen LogP contribution is 2.21. The number of benzene rings is 1. The van der Waals surface area contributed by atoms with Crippen molar-refractivity contribution >= 4 is 11.6 Å². The molecule has 1 heterocycles. The summed E-state index contributed by atoms with van der Waals surface area (Å²) in [5.74, 6) is -0.261. The zero-order valence-corrected chi connectivity index (χ0v) is 10.8. The van der Waals surface area contributed by atoms with E-state index in [0.717, 1.165) is 0 Å². The molecule has 1 aliphatic heterocycles. The van der Waals surface area contributed by atoms with Crippen LogP contribution in [0.1, 0.15) is 0 Å². The molecule has 0 bridgehead atoms. The average Bonchev–Trinajstić information content (AvgIpc) is 2.47. The largest absolute Gasteiger partial charge is 0.494 e. The summed E-state index contributed by atoms with van der Waals surface area (Å²) in [6, 6.07) is 4.41. The van der Waals surface area contributed by atoms with Crippen molar-refractivity contribution in [2.24, 2.45) is 0 Å². The summed E-state index contributed by atoms with van der Waals surface area (Å²) in [7, 11) is 1.40. The highest BCUT2D eigenvalue weighted by Gasteiger charge is 2.16. The maximum Gasteiger partial charge on any atom is 0.242 e. The van der Waals surface area contributed by atoms with Crippen molar-refractivity contribution in [3.63, 3.8) is 0 Å². The number of methoxy groups -OCH3 is 1. The molecule has 1 amide bonds. The summed E-state index contributed by atoms with van der Waals surface area (Å²) in [6.45, 7) is 2.57. The lowest BCUT2D eigenvalue weighted by molar-refractivity contribution is -0.133. The van der Waals surface area contributed by atoms with E-state index in [1.165, 1.54) is 19.2 Å². The Balaban J connectivity index is 1.89. The summed E-state index contributed by atoms with van der Waals surface area (Å²) in [6.07, 6.45) is 0. The lowest BCUT2D eigenvalue weighted by Gasteiger charge is -2.27. The van der Waals surface area contributed by atoms with Gasteiger partial charge in [0.1, 0.15) is 0 Å². The van der Waals surface area contributed by atoms with Crippen LogP contribution in [0.4, 0.5) is 10.1 Å². The SMILES string of the molecule is COc1cc(NCC(=O)N2CCOCC2)ccc1F. The zero-order chi connectivity index (χ0) is 13.7. The van der Waals surface area contributed by atoms with Crippen LogP contribution in [0.2, 0.25) is 0 Å². The molecule has 1 aliphatic rings. The predicted molar refractivity (Wildman–Crippen MR) is 68.8 cm³/mol. The minimum Gasteiger partial charge on any atom is -0.494 e. The van der Waals surface area contributed by atoms with E-state index in [-0.39, 0.29) is 18.2 Å². The first-order valence-corrected chi connectivity index (χ1v) is 6.13. The number of morpholine rings is 1. The average molecular weight is 268 g/mol. The van der Waals surface area contributed by atoms with Crippen molar-refractivity contribution in [2.75, 3.05) is 45.3 Å². The third kappa shape index (κ3) is 3.57. The Bertz CT molecular complexity index is 448. The van der Waals surface area contributed by atoms with E-state index in [4.69, 9.17) is 9.47 Å². The number of anilines is 1. The zero-order valence-electron chi connectivity index (χ0n) is 10.8. The molecule has 0 spiro atoms. The first-order valence-electron chi connectivity index (χ1n) is 6.13. The van der Waals surface area contributed by atoms with Gasteiger partial charge >= 0.3 is 0 Å². The maximum atomic E-state index is 13.2. The van der Waals surface area contributed by atoms with E-state index in [1.54, 1.807) is 11.0 Å². The van der Waals surface area contributed by atoms with Crippen LogP contribution in [-0.2, 0) is 9.53 Å². The standard InChI is InChI=1S/C13H17FN2O3/c1-18-12-8-10(2-3-11(12)14)15-9-13(17)16-4-6-19-7-5-16/h2-3,8,15H,4-7,9H2,1H3. The normalized spacial score (nSPS) is 15.2. The lowest BCUT2D eigenvalue weighted by atomic mass is 10.3. The molecular weight excluding hydrogens is 251 g/mol. The van der Waals surface area contributed by atoms with Gasteiger partial charge in [-0.3, -0.25) is 4.79 Å². The second-order valence-corrected chi connectivity index (χ2v) is 4.20. The van der Waals surface area contributed by atoms with Crippen LogP contribution < -0.4 is 10.1 Å². The van der Waals surface area contributed by atoms with Gasteiger partial charge in [-0.25, -0.2) is 4.39 Å². The summed E-state index contributed by atoms with van der Waals surface area (Å²) in [5, 5.41) is 2.96. The Morgan fingerprint density at radius 2 is 2.21 bits per heavy atom. The van der Waals surface area contributed by atoms with Crippen LogP contribution in [0.15, 0.2) is 18.2 Å². The van der Waals surface area contributed by atoms with Crippen molar-refractivity contribution in [1.82, 2.24) is 4.90 Å². The second kappa shape index (κ2) is 6.38. The van der Waals surface area contributed by atoms with E-state index >= 15 is 0 Å². The smallest absolute Gasteiger partial charge is 0.242 e. The molecule has 2 rings (SSSR count). The van der Waals surface area contributed by atoms with Crippen molar-refractivity contribution in [1.29, 1.82) is 0 Å². The topological polar surface area (TPSA) is 50.8 Å². The number of carbonyl (C=O) groups is 1. The fourth-order valence-corrected chi connectivity index (χ4v) is 1.87. The summed E-state index contributed by atoms with van der Waals surface area (Å²) < 4.78 is 23.3. The van der Waals surface area contributed by atoms with E-state index in [2.05, 4.69) is 5.32 Å². The molecule has 0 saturated carbocycles. The van der Waals surface area contributed by atoms with Gasteiger partial charge in [-0.05, 0) is 12.1 Å². The summed E-state index contributed by atoms with van der Waals surface area (Å²) in [4.78, 5) is 13.6. The number of hydrogen-bond donors (Lipinski definition) is 1. The van der Waals surface area contributed by atoms with Gasteiger partial charge in [-0.2, -0.15) is 0 Å². The Hall–Kier alpha value is -1.82. The minimum absolute atomic E-state index is 0.00610. The first-order chi connectivity index (χ1) is 9.20. The molecule has 1 aromatic carbocycles. The van der Waals surface area contributed by atoms with Gasteiger partial charge in [0.15, 0.2) is 11.6 Å². The number of rotatable bonds is 4. The molecule has 0 aliphatic carbocycles. The van der Waals surface area contributed by atoms with Crippen LogP contribution in [0.25, 0.3) is 0 Å². The molecule has 104 valence electrons. The molecule has 0 unspecified atom stereocenters. The highest BCUT2D eigenvalue weighted by atomic mass is 19.1. The van der Waals surface area contributed by atoms with Gasteiger partial charge in [-0.15, -0.1) is 0 Å². The van der Waals surface area contributed by atoms with E-state index < -0.39 is 5.82 Å². The van der Waals surface area contributed by atoms with Gasteiger partial charge in [0.2, 0.25) is 5.91 Å². The predicted octanol–water partition coefficient (Wildman–Crippen LogP) is 1.10. The molecule has 6 heteroatoms. The number of hydrogen-bond acceptors (Lipinski definition) is 4. The Morgan fingerprint density at radius 1 is 1.47 bits per heavy atom. The number of carbonyl (C=O) groups excluding carboxylic acids is 1. The van der Waals surface area contributed by atoms with Crippen molar-refractivity contribution in [2.45, 2.75) is 0 Å². The third-order valence-corrected chi connectivity index (χ3v) is 2.96. The van der Waals surface area contributed by atoms with Crippen LogP contribution in [-0.4, -0.2) is 50.8 Å². The van der Waals surface area contributed by atoms with E-state index in [0.29, 0.717) is 32.0 Å². The molecule has 19 heavy (non-hydrogen) atoms. The molecule has 0 radical (unpaired) electrons. The maximum absolute atomic E-state index is 13.2. The monoisotopic (exact) mass is 268 g/mol. The number of ether oxygens (including phenoxy) is 2. The molecule has 1 aromatic rings. The Morgan fingerprint density at radius 3 is 2.89 bits per heavy atom. The van der Waals surface area contributed by atoms with Crippen LogP contribution in [0.5, 0.6) is 5.75 Å². The molecule has 1 saturated heterocycles. The Kier molecular flexibility index (Phi) is 4.57. The number of nitrogens with zero attached hydrogens (tertiary/aromatic N) is 1. The molecule has 5 nitrogen and oxygen atoms in total. The molecule has 1 N–H and O–H groups in total. The molecule has 0 atom stereocenters. The van der Waals surface area contributed by atoms with Crippen molar-refractivity contribution in [3.8, 4) is 5.75 Å². The number of nitrogens with one attached hydrogen (secondary N) is 1. The lowest BCUT2D eigenvalue weighted by Crippen LogP contribution is -2.43. The minimum atomic E-state index is -0.424. The first kappa shape index (κ1) is 13.6. The van der Waals surface area contributed by atoms with Gasteiger partial charge in [0.05, 0.1) is 26.9 Å². The highest BCUT2D eigenvalue weighted by molar-refractivity contribution is 5.81. The van der Waals surface area contributed by atoms with Crippen LogP contribution in [0.3, 0.4) is 0 Å². The van der Waals surface area contributed by atoms with Crippen molar-refractivity contribution in [3.05, 3.63) is 24.0 Å². The van der Waals surface area contributed by atoms with Crippen LogP contribution in [0, 0.1) is 5.82 Å². The van der Waals surface area contributed by atoms with Crippen molar-refractivity contribution < 1.29 is 18.7 Å². The molecular formula is C13H17FN2O3. The fourth-order valence-electron chi connectivity index (χ4n) is 1.87. The van der Waals surface area contributed by atoms with Gasteiger partial charge in [0, 0.05) is 24.8 Å². The summed E-state index contributed by atoms with van der Waals surface area (Å²) in [5.41, 5.74) is 0.653. The number of halogens is 1. The quantitative estimate of drug-likeness (QED) is 0.888. The third-order valence-electron chi connectivity index (χ3n) is 2.96. The van der Waals surface area contributed by atoms with E-state index in [1.807, 2.05) is 0 Å². The van der Waals surface area contributed by atoms with Gasteiger partial charge in [0.25, 0.3) is 0 Å². The fraction of sp³-hybridized carbons (Fsp3) is 0.462. The van der Waals surface area contributed by atoms with Gasteiger partial charge in [-0.1, -0.05) is 0 Å². The second-order valence-electron chi connectivity index (χ2n) is 4.20.